The van der Waals surface area contributed by atoms with Gasteiger partial charge >= 0.3 is 5.91 Å². The van der Waals surface area contributed by atoms with Crippen LogP contribution in [-0.4, -0.2) is 16.7 Å². The van der Waals surface area contributed by atoms with Gasteiger partial charge in [0.1, 0.15) is 11.3 Å². The van der Waals surface area contributed by atoms with Crippen molar-refractivity contribution in [1.82, 2.24) is 9.99 Å². The van der Waals surface area contributed by atoms with Gasteiger partial charge < -0.3 is 13.4 Å². The molecule has 0 aliphatic rings. The second-order valence-corrected chi connectivity index (χ2v) is 6.74. The Morgan fingerprint density at radius 3 is 2.75 bits per heavy atom. The van der Waals surface area contributed by atoms with Gasteiger partial charge in [0.15, 0.2) is 5.76 Å². The molecule has 4 rings (SSSR count). The first kappa shape index (κ1) is 17.9. The Morgan fingerprint density at radius 2 is 2.00 bits per heavy atom. The van der Waals surface area contributed by atoms with Crippen LogP contribution < -0.4 is 5.43 Å². The number of nitrogens with zero attached hydrogens (tertiary/aromatic N) is 2. The Balaban J connectivity index is 1.50. The Morgan fingerprint density at radius 1 is 1.18 bits per heavy atom. The average molecular weight is 375 g/mol. The van der Waals surface area contributed by atoms with Gasteiger partial charge in [0.05, 0.1) is 19.0 Å². The number of aromatic nitrogens is 1. The fourth-order valence-electron chi connectivity index (χ4n) is 3.36. The molecule has 4 aromatic rings. The van der Waals surface area contributed by atoms with Crippen molar-refractivity contribution >= 4 is 23.1 Å². The number of hydrogen-bond acceptors (Lipinski definition) is 4. The largest absolute Gasteiger partial charge is 0.467 e. The smallest absolute Gasteiger partial charge is 0.307 e. The molecule has 0 saturated carbocycles. The van der Waals surface area contributed by atoms with Crippen LogP contribution in [0.1, 0.15) is 38.8 Å². The lowest BCUT2D eigenvalue weighted by Gasteiger charge is -2.07. The van der Waals surface area contributed by atoms with Crippen molar-refractivity contribution in [3.63, 3.8) is 0 Å². The maximum Gasteiger partial charge on any atom is 0.307 e. The molecule has 0 atom stereocenters. The highest BCUT2D eigenvalue weighted by Crippen LogP contribution is 2.24. The van der Waals surface area contributed by atoms with E-state index in [1.165, 1.54) is 0 Å². The number of rotatable bonds is 5. The molecule has 0 spiro atoms. The van der Waals surface area contributed by atoms with Crippen molar-refractivity contribution in [1.29, 1.82) is 0 Å². The molecule has 6 nitrogen and oxygen atoms in total. The third-order valence-corrected chi connectivity index (χ3v) is 4.93. The van der Waals surface area contributed by atoms with Crippen LogP contribution in [0.25, 0.3) is 11.0 Å². The number of benzene rings is 1. The molecule has 0 radical (unpaired) electrons. The van der Waals surface area contributed by atoms with Crippen LogP contribution in [0.15, 0.2) is 62.7 Å². The number of carbonyl (C=O) groups is 1. The monoisotopic (exact) mass is 375 g/mol. The van der Waals surface area contributed by atoms with Crippen LogP contribution in [-0.2, 0) is 6.54 Å². The SMILES string of the molecule is Cc1c(C(=O)N/N=C\c2cc(C)n(Cc3ccco3)c2C)oc2ccccc12. The molecule has 142 valence electrons. The number of nitrogens with one attached hydrogen (secondary N) is 1. The van der Waals surface area contributed by atoms with E-state index < -0.39 is 0 Å². The van der Waals surface area contributed by atoms with Crippen molar-refractivity contribution in [2.45, 2.75) is 27.3 Å². The van der Waals surface area contributed by atoms with Gasteiger partial charge in [-0.05, 0) is 45.0 Å². The topological polar surface area (TPSA) is 72.7 Å². The minimum Gasteiger partial charge on any atom is -0.467 e. The highest BCUT2D eigenvalue weighted by atomic mass is 16.3. The minimum atomic E-state index is -0.366. The Hall–Kier alpha value is -3.54. The summed E-state index contributed by atoms with van der Waals surface area (Å²) in [4.78, 5) is 12.5. The Labute approximate surface area is 162 Å². The molecule has 0 saturated heterocycles. The molecule has 1 aromatic carbocycles. The van der Waals surface area contributed by atoms with Gasteiger partial charge in [0.2, 0.25) is 0 Å². The van der Waals surface area contributed by atoms with Crippen molar-refractivity contribution < 1.29 is 13.6 Å². The van der Waals surface area contributed by atoms with Crippen molar-refractivity contribution in [3.8, 4) is 0 Å². The lowest BCUT2D eigenvalue weighted by Crippen LogP contribution is -2.17. The van der Waals surface area contributed by atoms with Crippen molar-refractivity contribution in [2.75, 3.05) is 0 Å². The molecule has 3 aromatic heterocycles. The van der Waals surface area contributed by atoms with E-state index in [2.05, 4.69) is 15.1 Å². The quantitative estimate of drug-likeness (QED) is 0.410. The van der Waals surface area contributed by atoms with E-state index >= 15 is 0 Å². The highest BCUT2D eigenvalue weighted by molar-refractivity contribution is 5.99. The van der Waals surface area contributed by atoms with E-state index in [0.29, 0.717) is 12.1 Å². The fourth-order valence-corrected chi connectivity index (χ4v) is 3.36. The number of hydrazone groups is 1. The van der Waals surface area contributed by atoms with Crippen LogP contribution in [0.4, 0.5) is 0 Å². The van der Waals surface area contributed by atoms with E-state index in [9.17, 15) is 4.79 Å². The van der Waals surface area contributed by atoms with E-state index in [0.717, 1.165) is 33.7 Å². The van der Waals surface area contributed by atoms with Crippen LogP contribution in [0.3, 0.4) is 0 Å². The van der Waals surface area contributed by atoms with Crippen LogP contribution in [0.2, 0.25) is 0 Å². The predicted octanol–water partition coefficient (Wildman–Crippen LogP) is 4.56. The van der Waals surface area contributed by atoms with E-state index in [1.807, 2.05) is 63.2 Å². The normalized spacial score (nSPS) is 11.5. The van der Waals surface area contributed by atoms with Crippen LogP contribution in [0, 0.1) is 20.8 Å². The summed E-state index contributed by atoms with van der Waals surface area (Å²) in [6.45, 7) is 6.57. The summed E-state index contributed by atoms with van der Waals surface area (Å²) in [5, 5.41) is 5.05. The lowest BCUT2D eigenvalue weighted by atomic mass is 10.1. The van der Waals surface area contributed by atoms with Crippen molar-refractivity contribution in [2.24, 2.45) is 5.10 Å². The molecule has 0 aliphatic carbocycles. The van der Waals surface area contributed by atoms with Crippen molar-refractivity contribution in [3.05, 3.63) is 82.8 Å². The first-order valence-electron chi connectivity index (χ1n) is 9.05. The summed E-state index contributed by atoms with van der Waals surface area (Å²) < 4.78 is 13.2. The zero-order valence-corrected chi connectivity index (χ0v) is 16.0. The number of carbonyl (C=O) groups excluding carboxylic acids is 1. The van der Waals surface area contributed by atoms with Gasteiger partial charge in [0.25, 0.3) is 0 Å². The molecule has 28 heavy (non-hydrogen) atoms. The summed E-state index contributed by atoms with van der Waals surface area (Å²) in [6.07, 6.45) is 3.32. The number of para-hydroxylation sites is 1. The van der Waals surface area contributed by atoms with Gasteiger partial charge in [-0.2, -0.15) is 5.10 Å². The number of aryl methyl sites for hydroxylation is 2. The molecule has 0 unspecified atom stereocenters. The fraction of sp³-hybridized carbons (Fsp3) is 0.182. The number of amides is 1. The van der Waals surface area contributed by atoms with Crippen LogP contribution in [0.5, 0.6) is 0 Å². The summed E-state index contributed by atoms with van der Waals surface area (Å²) in [6, 6.07) is 13.4. The second kappa shape index (κ2) is 7.23. The molecule has 1 N–H and O–H groups in total. The summed E-state index contributed by atoms with van der Waals surface area (Å²) >= 11 is 0. The van der Waals surface area contributed by atoms with Gasteiger partial charge in [-0.1, -0.05) is 18.2 Å². The maximum absolute atomic E-state index is 12.5. The average Bonchev–Trinajstić information content (AvgIpc) is 3.38. The van der Waals surface area contributed by atoms with Gasteiger partial charge in [0, 0.05) is 27.9 Å². The van der Waals surface area contributed by atoms with Gasteiger partial charge in [-0.25, -0.2) is 5.43 Å². The summed E-state index contributed by atoms with van der Waals surface area (Å²) in [5.41, 5.74) is 7.13. The van der Waals surface area contributed by atoms with Gasteiger partial charge in [-0.3, -0.25) is 4.79 Å². The zero-order valence-electron chi connectivity index (χ0n) is 16.0. The standard InChI is InChI=1S/C22H21N3O3/c1-14-11-17(16(3)25(14)13-18-7-6-10-27-18)12-23-24-22(26)21-15(2)19-8-4-5-9-20(19)28-21/h4-12H,13H2,1-3H3,(H,24,26)/b23-12-. The number of furan rings is 2. The second-order valence-electron chi connectivity index (χ2n) is 6.74. The number of hydrogen-bond donors (Lipinski definition) is 1. The molecule has 3 heterocycles. The molecule has 6 heteroatoms. The first-order valence-corrected chi connectivity index (χ1v) is 9.05. The molecule has 0 aliphatic heterocycles. The first-order chi connectivity index (χ1) is 13.5. The van der Waals surface area contributed by atoms with E-state index in [4.69, 9.17) is 8.83 Å². The highest BCUT2D eigenvalue weighted by Gasteiger charge is 2.17. The van der Waals surface area contributed by atoms with Crippen LogP contribution >= 0.6 is 0 Å². The van der Waals surface area contributed by atoms with Gasteiger partial charge in [-0.15, -0.1) is 0 Å². The predicted molar refractivity (Wildman–Crippen MR) is 108 cm³/mol. The molecular formula is C22H21N3O3. The third-order valence-electron chi connectivity index (χ3n) is 4.93. The Kier molecular flexibility index (Phi) is 4.61. The molecule has 1 amide bonds. The molecule has 0 bridgehead atoms. The van der Waals surface area contributed by atoms with E-state index in [1.54, 1.807) is 12.5 Å². The minimum absolute atomic E-state index is 0.279. The summed E-state index contributed by atoms with van der Waals surface area (Å²) in [5.74, 6) is 0.801. The van der Waals surface area contributed by atoms with E-state index in [-0.39, 0.29) is 11.7 Å². The summed E-state index contributed by atoms with van der Waals surface area (Å²) in [7, 11) is 0. The third kappa shape index (κ3) is 3.24. The zero-order chi connectivity index (χ0) is 19.7. The lowest BCUT2D eigenvalue weighted by molar-refractivity contribution is 0.0929. The molecule has 0 fully saturated rings. The Bertz CT molecular complexity index is 1160. The number of fused-ring (bicyclic) bond motifs is 1. The maximum atomic E-state index is 12.5. The molecular weight excluding hydrogens is 354 g/mol.